The summed E-state index contributed by atoms with van der Waals surface area (Å²) in [4.78, 5) is 19.5. The molecule has 6 nitrogen and oxygen atoms in total. The summed E-state index contributed by atoms with van der Waals surface area (Å²) >= 11 is 0. The molecule has 0 spiro atoms. The number of nitrogens with one attached hydrogen (secondary N) is 1. The molecule has 2 aliphatic rings. The average molecular weight is 410 g/mol. The first-order chi connectivity index (χ1) is 14.7. The highest BCUT2D eigenvalue weighted by atomic mass is 16.5. The molecule has 2 fully saturated rings. The highest BCUT2D eigenvalue weighted by Crippen LogP contribution is 2.34. The summed E-state index contributed by atoms with van der Waals surface area (Å²) in [6, 6.07) is 11.9. The molecule has 1 unspecified atom stereocenters. The first-order valence-corrected chi connectivity index (χ1v) is 10.8. The average Bonchev–Trinajstić information content (AvgIpc) is 3.64. The van der Waals surface area contributed by atoms with Crippen LogP contribution in [0.1, 0.15) is 43.0 Å². The van der Waals surface area contributed by atoms with Crippen LogP contribution in [-0.2, 0) is 11.3 Å². The SMILES string of the molecule is COc1ccc(OC)c(CN2CCC(C(NC(=O)C3CC3)c3ccccn3)CC2)c1. The third-order valence-electron chi connectivity index (χ3n) is 6.24. The van der Waals surface area contributed by atoms with Crippen LogP contribution in [-0.4, -0.2) is 43.1 Å². The molecule has 160 valence electrons. The van der Waals surface area contributed by atoms with Gasteiger partial charge in [0, 0.05) is 24.2 Å². The number of hydrogen-bond donors (Lipinski definition) is 1. The van der Waals surface area contributed by atoms with Crippen molar-refractivity contribution < 1.29 is 14.3 Å². The fourth-order valence-corrected chi connectivity index (χ4v) is 4.30. The second kappa shape index (κ2) is 9.47. The fraction of sp³-hybridized carbons (Fsp3) is 0.500. The fourth-order valence-electron chi connectivity index (χ4n) is 4.30. The minimum atomic E-state index is -0.00666. The Bertz CT molecular complexity index is 846. The summed E-state index contributed by atoms with van der Waals surface area (Å²) in [6.07, 6.45) is 5.90. The third-order valence-corrected chi connectivity index (χ3v) is 6.24. The van der Waals surface area contributed by atoms with E-state index in [9.17, 15) is 4.79 Å². The molecule has 1 aromatic heterocycles. The number of piperidine rings is 1. The van der Waals surface area contributed by atoms with Gasteiger partial charge in [0.1, 0.15) is 11.5 Å². The summed E-state index contributed by atoms with van der Waals surface area (Å²) < 4.78 is 10.9. The van der Waals surface area contributed by atoms with E-state index in [0.717, 1.165) is 68.1 Å². The van der Waals surface area contributed by atoms with Gasteiger partial charge in [-0.15, -0.1) is 0 Å². The van der Waals surface area contributed by atoms with Crippen LogP contribution in [0.4, 0.5) is 0 Å². The van der Waals surface area contributed by atoms with E-state index in [0.29, 0.717) is 5.92 Å². The van der Waals surface area contributed by atoms with Crippen LogP contribution in [0, 0.1) is 11.8 Å². The van der Waals surface area contributed by atoms with Crippen LogP contribution < -0.4 is 14.8 Å². The molecule has 2 aromatic rings. The quantitative estimate of drug-likeness (QED) is 0.722. The molecule has 1 aliphatic carbocycles. The van der Waals surface area contributed by atoms with Crippen LogP contribution in [0.2, 0.25) is 0 Å². The monoisotopic (exact) mass is 409 g/mol. The number of methoxy groups -OCH3 is 2. The van der Waals surface area contributed by atoms with E-state index in [2.05, 4.69) is 21.3 Å². The first kappa shape index (κ1) is 20.7. The Labute approximate surface area is 178 Å². The predicted molar refractivity (Wildman–Crippen MR) is 115 cm³/mol. The van der Waals surface area contributed by atoms with E-state index in [1.54, 1.807) is 14.2 Å². The number of ether oxygens (including phenoxy) is 2. The van der Waals surface area contributed by atoms with Gasteiger partial charge in [0.05, 0.1) is 26.0 Å². The number of benzene rings is 1. The molecule has 0 bridgehead atoms. The molecule has 1 N–H and O–H groups in total. The molecule has 1 aliphatic heterocycles. The van der Waals surface area contributed by atoms with E-state index < -0.39 is 0 Å². The van der Waals surface area contributed by atoms with Crippen molar-refractivity contribution in [3.8, 4) is 11.5 Å². The standard InChI is InChI=1S/C24H31N3O3/c1-29-20-8-9-22(30-2)19(15-20)16-27-13-10-17(11-14-27)23(21-5-3-4-12-25-21)26-24(28)18-6-7-18/h3-5,8-9,12,15,17-18,23H,6-7,10-11,13-14,16H2,1-2H3,(H,26,28). The molecule has 0 radical (unpaired) electrons. The van der Waals surface area contributed by atoms with Gasteiger partial charge in [-0.1, -0.05) is 6.07 Å². The van der Waals surface area contributed by atoms with Crippen molar-refractivity contribution in [2.75, 3.05) is 27.3 Å². The van der Waals surface area contributed by atoms with E-state index in [1.807, 2.05) is 36.5 Å². The van der Waals surface area contributed by atoms with E-state index in [-0.39, 0.29) is 17.9 Å². The lowest BCUT2D eigenvalue weighted by atomic mass is 9.87. The molecule has 4 rings (SSSR count). The van der Waals surface area contributed by atoms with Gasteiger partial charge in [-0.2, -0.15) is 0 Å². The molecule has 2 heterocycles. The molecular weight excluding hydrogens is 378 g/mol. The van der Waals surface area contributed by atoms with E-state index in [1.165, 1.54) is 0 Å². The lowest BCUT2D eigenvalue weighted by Crippen LogP contribution is -2.41. The van der Waals surface area contributed by atoms with Crippen LogP contribution in [0.25, 0.3) is 0 Å². The summed E-state index contributed by atoms with van der Waals surface area (Å²) in [5.41, 5.74) is 2.11. The summed E-state index contributed by atoms with van der Waals surface area (Å²) in [6.45, 7) is 2.79. The highest BCUT2D eigenvalue weighted by Gasteiger charge is 2.35. The molecular formula is C24H31N3O3. The van der Waals surface area contributed by atoms with Gasteiger partial charge in [0.25, 0.3) is 0 Å². The van der Waals surface area contributed by atoms with Gasteiger partial charge in [0.15, 0.2) is 0 Å². The summed E-state index contributed by atoms with van der Waals surface area (Å²) in [7, 11) is 3.39. The molecule has 1 amide bonds. The van der Waals surface area contributed by atoms with Gasteiger partial charge >= 0.3 is 0 Å². The number of aromatic nitrogens is 1. The Morgan fingerprint density at radius 1 is 1.13 bits per heavy atom. The molecule has 1 aromatic carbocycles. The number of likely N-dealkylation sites (tertiary alicyclic amines) is 1. The van der Waals surface area contributed by atoms with Gasteiger partial charge in [-0.05, 0) is 75.0 Å². The smallest absolute Gasteiger partial charge is 0.223 e. The lowest BCUT2D eigenvalue weighted by Gasteiger charge is -2.36. The molecule has 6 heteroatoms. The predicted octanol–water partition coefficient (Wildman–Crippen LogP) is 3.58. The first-order valence-electron chi connectivity index (χ1n) is 10.8. The minimum absolute atomic E-state index is 0.00666. The Balaban J connectivity index is 1.41. The van der Waals surface area contributed by atoms with Crippen LogP contribution in [0.15, 0.2) is 42.6 Å². The number of carbonyl (C=O) groups excluding carboxylic acids is 1. The zero-order valence-corrected chi connectivity index (χ0v) is 17.8. The Kier molecular flexibility index (Phi) is 6.53. The number of pyridine rings is 1. The van der Waals surface area contributed by atoms with Crippen LogP contribution >= 0.6 is 0 Å². The Morgan fingerprint density at radius 3 is 2.57 bits per heavy atom. The normalized spacial score (nSPS) is 18.6. The number of hydrogen-bond acceptors (Lipinski definition) is 5. The van der Waals surface area contributed by atoms with Crippen LogP contribution in [0.5, 0.6) is 11.5 Å². The van der Waals surface area contributed by atoms with Crippen molar-refractivity contribution >= 4 is 5.91 Å². The van der Waals surface area contributed by atoms with Crippen molar-refractivity contribution in [1.29, 1.82) is 0 Å². The number of nitrogens with zero attached hydrogens (tertiary/aromatic N) is 2. The highest BCUT2D eigenvalue weighted by molar-refractivity contribution is 5.81. The third kappa shape index (κ3) is 4.93. The van der Waals surface area contributed by atoms with Crippen molar-refractivity contribution in [1.82, 2.24) is 15.2 Å². The lowest BCUT2D eigenvalue weighted by molar-refractivity contribution is -0.123. The Hall–Kier alpha value is -2.60. The van der Waals surface area contributed by atoms with Crippen molar-refractivity contribution in [3.63, 3.8) is 0 Å². The van der Waals surface area contributed by atoms with Gasteiger partial charge in [-0.25, -0.2) is 0 Å². The molecule has 30 heavy (non-hydrogen) atoms. The van der Waals surface area contributed by atoms with Gasteiger partial charge in [-0.3, -0.25) is 14.7 Å². The number of carbonyl (C=O) groups is 1. The van der Waals surface area contributed by atoms with Gasteiger partial charge < -0.3 is 14.8 Å². The van der Waals surface area contributed by atoms with Crippen molar-refractivity contribution in [3.05, 3.63) is 53.9 Å². The topological polar surface area (TPSA) is 63.7 Å². The maximum atomic E-state index is 12.5. The maximum Gasteiger partial charge on any atom is 0.223 e. The molecule has 1 saturated heterocycles. The molecule has 1 atom stereocenters. The van der Waals surface area contributed by atoms with Crippen molar-refractivity contribution in [2.24, 2.45) is 11.8 Å². The Morgan fingerprint density at radius 2 is 1.93 bits per heavy atom. The van der Waals surface area contributed by atoms with E-state index >= 15 is 0 Å². The summed E-state index contributed by atoms with van der Waals surface area (Å²) in [5.74, 6) is 2.52. The van der Waals surface area contributed by atoms with Crippen molar-refractivity contribution in [2.45, 2.75) is 38.3 Å². The minimum Gasteiger partial charge on any atom is -0.497 e. The second-order valence-corrected chi connectivity index (χ2v) is 8.31. The number of amides is 1. The van der Waals surface area contributed by atoms with E-state index in [4.69, 9.17) is 9.47 Å². The largest absolute Gasteiger partial charge is 0.497 e. The summed E-state index contributed by atoms with van der Waals surface area (Å²) in [5, 5.41) is 3.31. The zero-order chi connectivity index (χ0) is 20.9. The molecule has 1 saturated carbocycles. The zero-order valence-electron chi connectivity index (χ0n) is 17.8. The van der Waals surface area contributed by atoms with Crippen LogP contribution in [0.3, 0.4) is 0 Å². The second-order valence-electron chi connectivity index (χ2n) is 8.31. The van der Waals surface area contributed by atoms with Gasteiger partial charge in [0.2, 0.25) is 5.91 Å². The number of rotatable bonds is 8. The maximum absolute atomic E-state index is 12.5.